The normalized spacial score (nSPS) is 12.2. The first kappa shape index (κ1) is 16.6. The summed E-state index contributed by atoms with van der Waals surface area (Å²) in [6, 6.07) is 10.1. The minimum absolute atomic E-state index is 0.0844. The lowest BCUT2D eigenvalue weighted by Crippen LogP contribution is -2.29. The highest BCUT2D eigenvalue weighted by Gasteiger charge is 2.14. The van der Waals surface area contributed by atoms with Crippen molar-refractivity contribution in [1.29, 1.82) is 0 Å². The zero-order chi connectivity index (χ0) is 16.1. The van der Waals surface area contributed by atoms with Gasteiger partial charge in [-0.2, -0.15) is 0 Å². The van der Waals surface area contributed by atoms with Crippen LogP contribution in [0.25, 0.3) is 0 Å². The zero-order valence-corrected chi connectivity index (χ0v) is 14.5. The summed E-state index contributed by atoms with van der Waals surface area (Å²) in [4.78, 5) is 12.9. The van der Waals surface area contributed by atoms with Crippen LogP contribution in [0.2, 0.25) is 0 Å². The quantitative estimate of drug-likeness (QED) is 0.739. The molecule has 1 atom stereocenters. The maximum absolute atomic E-state index is 12.2. The first-order valence-corrected chi connectivity index (χ1v) is 8.56. The van der Waals surface area contributed by atoms with Gasteiger partial charge in [0.05, 0.1) is 10.6 Å². The molecule has 4 heteroatoms. The molecule has 1 amide bonds. The molecule has 1 unspecified atom stereocenters. The second kappa shape index (κ2) is 7.45. The molecule has 3 nitrogen and oxygen atoms in total. The summed E-state index contributed by atoms with van der Waals surface area (Å²) in [6.45, 7) is 8.64. The van der Waals surface area contributed by atoms with E-state index in [2.05, 4.69) is 37.7 Å². The van der Waals surface area contributed by atoms with E-state index >= 15 is 0 Å². The summed E-state index contributed by atoms with van der Waals surface area (Å²) >= 11 is 1.46. The molecule has 1 aromatic heterocycles. The highest BCUT2D eigenvalue weighted by atomic mass is 32.1. The molecule has 0 bridgehead atoms. The third-order valence-electron chi connectivity index (χ3n) is 3.70. The van der Waals surface area contributed by atoms with Crippen molar-refractivity contribution >= 4 is 22.9 Å². The van der Waals surface area contributed by atoms with Crippen molar-refractivity contribution in [3.63, 3.8) is 0 Å². The number of benzene rings is 1. The molecule has 2 N–H and O–H groups in total. The van der Waals surface area contributed by atoms with Gasteiger partial charge in [-0.05, 0) is 53.8 Å². The Hall–Kier alpha value is -1.81. The van der Waals surface area contributed by atoms with Crippen LogP contribution in [0.15, 0.2) is 35.7 Å². The summed E-state index contributed by atoms with van der Waals surface area (Å²) in [7, 11) is 0. The molecular weight excluding hydrogens is 292 g/mol. The highest BCUT2D eigenvalue weighted by molar-refractivity contribution is 7.12. The minimum atomic E-state index is -0.0844. The molecule has 0 saturated carbocycles. The number of hydrogen-bond acceptors (Lipinski definition) is 3. The van der Waals surface area contributed by atoms with E-state index in [4.69, 9.17) is 0 Å². The fraction of sp³-hybridized carbons (Fsp3) is 0.389. The number of anilines is 1. The third kappa shape index (κ3) is 4.10. The molecule has 1 aromatic carbocycles. The molecule has 118 valence electrons. The molecule has 2 aromatic rings. The van der Waals surface area contributed by atoms with E-state index in [9.17, 15) is 4.79 Å². The van der Waals surface area contributed by atoms with E-state index in [0.717, 1.165) is 22.5 Å². The van der Waals surface area contributed by atoms with E-state index in [1.807, 2.05) is 36.6 Å². The predicted molar refractivity (Wildman–Crippen MR) is 94.5 cm³/mol. The van der Waals surface area contributed by atoms with Crippen LogP contribution in [0.3, 0.4) is 0 Å². The van der Waals surface area contributed by atoms with Crippen LogP contribution in [0.1, 0.15) is 53.9 Å². The lowest BCUT2D eigenvalue weighted by molar-refractivity contribution is 0.0966. The zero-order valence-electron chi connectivity index (χ0n) is 13.6. The summed E-state index contributed by atoms with van der Waals surface area (Å²) in [5.41, 5.74) is 9.11. The van der Waals surface area contributed by atoms with Crippen molar-refractivity contribution in [2.24, 2.45) is 5.92 Å². The topological polar surface area (TPSA) is 41.1 Å². The van der Waals surface area contributed by atoms with Crippen LogP contribution in [0.4, 0.5) is 5.69 Å². The fourth-order valence-corrected chi connectivity index (χ4v) is 3.48. The van der Waals surface area contributed by atoms with Gasteiger partial charge >= 0.3 is 0 Å². The number of carbonyl (C=O) groups is 1. The van der Waals surface area contributed by atoms with Gasteiger partial charge in [0.2, 0.25) is 0 Å². The Kier molecular flexibility index (Phi) is 5.61. The van der Waals surface area contributed by atoms with Crippen LogP contribution in [0.5, 0.6) is 0 Å². The van der Waals surface area contributed by atoms with Crippen LogP contribution in [-0.2, 0) is 0 Å². The van der Waals surface area contributed by atoms with E-state index in [0.29, 0.717) is 11.8 Å². The first-order chi connectivity index (χ1) is 10.5. The van der Waals surface area contributed by atoms with Crippen LogP contribution >= 0.6 is 11.3 Å². The molecule has 0 aliphatic heterocycles. The molecule has 22 heavy (non-hydrogen) atoms. The number of amides is 1. The smallest absolute Gasteiger partial charge is 0.279 e. The molecule has 0 saturated heterocycles. The third-order valence-corrected chi connectivity index (χ3v) is 4.71. The van der Waals surface area contributed by atoms with Crippen LogP contribution in [-0.4, -0.2) is 5.91 Å². The van der Waals surface area contributed by atoms with Crippen molar-refractivity contribution in [2.75, 3.05) is 5.43 Å². The average molecular weight is 316 g/mol. The molecule has 0 aliphatic carbocycles. The molecule has 1 heterocycles. The van der Waals surface area contributed by atoms with E-state index in [1.54, 1.807) is 0 Å². The first-order valence-electron chi connectivity index (χ1n) is 7.68. The Bertz CT molecular complexity index is 634. The maximum atomic E-state index is 12.2. The number of thiophene rings is 1. The van der Waals surface area contributed by atoms with E-state index < -0.39 is 0 Å². The molecule has 0 spiro atoms. The van der Waals surface area contributed by atoms with Crippen molar-refractivity contribution in [1.82, 2.24) is 5.43 Å². The van der Waals surface area contributed by atoms with E-state index in [1.165, 1.54) is 16.9 Å². The number of hydrazine groups is 1. The van der Waals surface area contributed by atoms with Crippen molar-refractivity contribution in [2.45, 2.75) is 40.0 Å². The van der Waals surface area contributed by atoms with Crippen molar-refractivity contribution in [3.8, 4) is 0 Å². The second-order valence-electron chi connectivity index (χ2n) is 6.13. The number of para-hydroxylation sites is 1. The summed E-state index contributed by atoms with van der Waals surface area (Å²) in [5.74, 6) is 1.01. The number of aryl methyl sites for hydroxylation is 1. The lowest BCUT2D eigenvalue weighted by Gasteiger charge is -2.19. The summed E-state index contributed by atoms with van der Waals surface area (Å²) < 4.78 is 0. The van der Waals surface area contributed by atoms with Gasteiger partial charge in [-0.3, -0.25) is 15.6 Å². The van der Waals surface area contributed by atoms with Gasteiger partial charge in [0.15, 0.2) is 0 Å². The Morgan fingerprint density at radius 2 is 1.91 bits per heavy atom. The largest absolute Gasteiger partial charge is 0.298 e. The van der Waals surface area contributed by atoms with Gasteiger partial charge in [-0.25, -0.2) is 0 Å². The molecule has 2 rings (SSSR count). The number of hydrogen-bond donors (Lipinski definition) is 2. The molecule has 0 radical (unpaired) electrons. The second-order valence-corrected chi connectivity index (χ2v) is 7.05. The van der Waals surface area contributed by atoms with Crippen molar-refractivity contribution in [3.05, 3.63) is 51.7 Å². The predicted octanol–water partition coefficient (Wildman–Crippen LogP) is 4.96. The van der Waals surface area contributed by atoms with Gasteiger partial charge in [0, 0.05) is 0 Å². The molecular formula is C18H24N2OS. The summed E-state index contributed by atoms with van der Waals surface area (Å²) in [6.07, 6.45) is 1.12. The number of nitrogens with one attached hydrogen (secondary N) is 2. The molecule has 0 aliphatic rings. The van der Waals surface area contributed by atoms with Gasteiger partial charge in [-0.15, -0.1) is 11.3 Å². The van der Waals surface area contributed by atoms with Gasteiger partial charge in [0.1, 0.15) is 0 Å². The van der Waals surface area contributed by atoms with E-state index in [-0.39, 0.29) is 5.91 Å². The Balaban J connectivity index is 2.07. The number of carbonyl (C=O) groups excluding carboxylic acids is 1. The standard InChI is InChI=1S/C18H24N2OS/c1-12(2)11-14(4)15-7-5-6-8-16(15)19-20-18(21)17-13(3)9-10-22-17/h5-10,12,14,19H,11H2,1-4H3,(H,20,21). The SMILES string of the molecule is Cc1ccsc1C(=O)NNc1ccccc1C(C)CC(C)C. The maximum Gasteiger partial charge on any atom is 0.279 e. The van der Waals surface area contributed by atoms with Gasteiger partial charge in [0.25, 0.3) is 5.91 Å². The summed E-state index contributed by atoms with van der Waals surface area (Å²) in [5, 5.41) is 1.93. The lowest BCUT2D eigenvalue weighted by atomic mass is 9.91. The van der Waals surface area contributed by atoms with Crippen LogP contribution in [0, 0.1) is 12.8 Å². The van der Waals surface area contributed by atoms with Gasteiger partial charge < -0.3 is 0 Å². The van der Waals surface area contributed by atoms with Gasteiger partial charge in [-0.1, -0.05) is 39.0 Å². The minimum Gasteiger partial charge on any atom is -0.298 e. The Morgan fingerprint density at radius 3 is 2.55 bits per heavy atom. The average Bonchev–Trinajstić information content (AvgIpc) is 2.90. The Morgan fingerprint density at radius 1 is 1.18 bits per heavy atom. The highest BCUT2D eigenvalue weighted by Crippen LogP contribution is 2.29. The monoisotopic (exact) mass is 316 g/mol. The fourth-order valence-electron chi connectivity index (χ4n) is 2.66. The molecule has 0 fully saturated rings. The Labute approximate surface area is 136 Å². The van der Waals surface area contributed by atoms with Crippen molar-refractivity contribution < 1.29 is 4.79 Å². The van der Waals surface area contributed by atoms with Crippen LogP contribution < -0.4 is 10.9 Å². The number of rotatable bonds is 6.